The van der Waals surface area contributed by atoms with Gasteiger partial charge in [-0.3, -0.25) is 4.99 Å². The van der Waals surface area contributed by atoms with Crippen LogP contribution in [0, 0.1) is 0 Å². The molecule has 0 aliphatic heterocycles. The summed E-state index contributed by atoms with van der Waals surface area (Å²) in [5, 5.41) is 16.5. The van der Waals surface area contributed by atoms with Gasteiger partial charge in [0.25, 0.3) is 0 Å². The molecule has 0 fully saturated rings. The third-order valence-electron chi connectivity index (χ3n) is 4.95. The fourth-order valence-electron chi connectivity index (χ4n) is 3.35. The lowest BCUT2D eigenvalue weighted by atomic mass is 9.88. The average molecular weight is 355 g/mol. The van der Waals surface area contributed by atoms with E-state index in [1.807, 2.05) is 12.1 Å². The molecule has 1 aliphatic rings. The van der Waals surface area contributed by atoms with E-state index in [9.17, 15) is 5.11 Å². The minimum Gasteiger partial charge on any atom is -0.469 e. The molecule has 0 bridgehead atoms. The summed E-state index contributed by atoms with van der Waals surface area (Å²) in [5.41, 5.74) is 2.87. The van der Waals surface area contributed by atoms with Crippen LogP contribution in [0.1, 0.15) is 36.7 Å². The highest BCUT2D eigenvalue weighted by Gasteiger charge is 2.20. The van der Waals surface area contributed by atoms with Gasteiger partial charge in [-0.1, -0.05) is 31.2 Å². The van der Waals surface area contributed by atoms with Gasteiger partial charge < -0.3 is 20.2 Å². The van der Waals surface area contributed by atoms with E-state index in [0.29, 0.717) is 12.6 Å². The van der Waals surface area contributed by atoms with Crippen molar-refractivity contribution in [1.29, 1.82) is 0 Å². The Morgan fingerprint density at radius 1 is 1.27 bits per heavy atom. The van der Waals surface area contributed by atoms with Gasteiger partial charge in [-0.05, 0) is 48.9 Å². The highest BCUT2D eigenvalue weighted by Crippen LogP contribution is 2.21. The van der Waals surface area contributed by atoms with Crippen molar-refractivity contribution < 1.29 is 9.52 Å². The Hall–Kier alpha value is -2.27. The molecule has 5 nitrogen and oxygen atoms in total. The molecular weight excluding hydrogens is 326 g/mol. The van der Waals surface area contributed by atoms with Crippen molar-refractivity contribution in [1.82, 2.24) is 10.6 Å². The van der Waals surface area contributed by atoms with Crippen molar-refractivity contribution in [3.05, 3.63) is 59.5 Å². The fourth-order valence-corrected chi connectivity index (χ4v) is 3.35. The molecular formula is C21H29N3O2. The first-order chi connectivity index (χ1) is 12.8. The van der Waals surface area contributed by atoms with Gasteiger partial charge >= 0.3 is 0 Å². The van der Waals surface area contributed by atoms with E-state index in [2.05, 4.69) is 41.8 Å². The number of aliphatic imine (C=N–C) groups is 1. The Bertz CT molecular complexity index is 693. The van der Waals surface area contributed by atoms with Crippen LogP contribution >= 0.6 is 0 Å². The van der Waals surface area contributed by atoms with Crippen molar-refractivity contribution in [3.8, 4) is 0 Å². The van der Waals surface area contributed by atoms with Gasteiger partial charge in [0.2, 0.25) is 0 Å². The lowest BCUT2D eigenvalue weighted by molar-refractivity contribution is 0.251. The van der Waals surface area contributed by atoms with Crippen LogP contribution < -0.4 is 10.6 Å². The standard InChI is InChI=1S/C21H29N3O2/c1-2-18(15-25)23-21(22-12-11-20-8-5-13-26-20)24-19-10-9-16-6-3-4-7-17(16)14-19/h3-8,13,18-19,25H,2,9-12,14-15H2,1H3,(H2,22,23,24)/t18-,19?/m1/s1. The second kappa shape index (κ2) is 9.43. The van der Waals surface area contributed by atoms with Gasteiger partial charge in [0, 0.05) is 19.0 Å². The molecule has 1 aromatic carbocycles. The maximum Gasteiger partial charge on any atom is 0.191 e. The number of guanidine groups is 1. The minimum atomic E-state index is 0.0146. The second-order valence-electron chi connectivity index (χ2n) is 6.84. The Labute approximate surface area is 155 Å². The predicted molar refractivity (Wildman–Crippen MR) is 104 cm³/mol. The summed E-state index contributed by atoms with van der Waals surface area (Å²) in [6.07, 6.45) is 6.49. The molecule has 3 N–H and O–H groups in total. The number of aryl methyl sites for hydroxylation is 1. The molecule has 2 atom stereocenters. The van der Waals surface area contributed by atoms with E-state index < -0.39 is 0 Å². The number of hydrogen-bond donors (Lipinski definition) is 3. The molecule has 0 spiro atoms. The van der Waals surface area contributed by atoms with Gasteiger partial charge in [0.15, 0.2) is 5.96 Å². The third kappa shape index (κ3) is 5.11. The SMILES string of the molecule is CC[C@H](CO)NC(=NCCc1ccco1)NC1CCc2ccccc2C1. The monoisotopic (exact) mass is 355 g/mol. The van der Waals surface area contributed by atoms with Gasteiger partial charge in [0.05, 0.1) is 18.9 Å². The predicted octanol–water partition coefficient (Wildman–Crippen LogP) is 2.69. The van der Waals surface area contributed by atoms with Crippen LogP contribution in [0.5, 0.6) is 0 Å². The summed E-state index contributed by atoms with van der Waals surface area (Å²) in [7, 11) is 0. The van der Waals surface area contributed by atoms with Crippen LogP contribution in [0.3, 0.4) is 0 Å². The second-order valence-corrected chi connectivity index (χ2v) is 6.84. The molecule has 0 amide bonds. The van der Waals surface area contributed by atoms with Crippen molar-refractivity contribution in [2.24, 2.45) is 4.99 Å². The quantitative estimate of drug-likeness (QED) is 0.528. The maximum absolute atomic E-state index is 9.53. The highest BCUT2D eigenvalue weighted by molar-refractivity contribution is 5.80. The molecule has 1 unspecified atom stereocenters. The third-order valence-corrected chi connectivity index (χ3v) is 4.95. The summed E-state index contributed by atoms with van der Waals surface area (Å²) in [4.78, 5) is 4.71. The van der Waals surface area contributed by atoms with Crippen LogP contribution in [0.4, 0.5) is 0 Å². The molecule has 1 heterocycles. The van der Waals surface area contributed by atoms with Gasteiger partial charge in [-0.15, -0.1) is 0 Å². The number of aliphatic hydroxyl groups is 1. The first kappa shape index (κ1) is 18.5. The zero-order valence-corrected chi connectivity index (χ0v) is 15.4. The Kier molecular flexibility index (Phi) is 6.72. The number of nitrogens with zero attached hydrogens (tertiary/aromatic N) is 1. The van der Waals surface area contributed by atoms with Crippen LogP contribution in [0.15, 0.2) is 52.1 Å². The summed E-state index contributed by atoms with van der Waals surface area (Å²) >= 11 is 0. The van der Waals surface area contributed by atoms with E-state index in [4.69, 9.17) is 9.41 Å². The number of furan rings is 1. The number of fused-ring (bicyclic) bond motifs is 1. The zero-order chi connectivity index (χ0) is 18.2. The number of aliphatic hydroxyl groups excluding tert-OH is 1. The van der Waals surface area contributed by atoms with E-state index in [-0.39, 0.29) is 12.6 Å². The number of nitrogens with one attached hydrogen (secondary N) is 2. The number of rotatable bonds is 7. The van der Waals surface area contributed by atoms with Crippen molar-refractivity contribution >= 4 is 5.96 Å². The lowest BCUT2D eigenvalue weighted by Gasteiger charge is -2.28. The van der Waals surface area contributed by atoms with Crippen LogP contribution in [0.25, 0.3) is 0 Å². The first-order valence-electron chi connectivity index (χ1n) is 9.56. The van der Waals surface area contributed by atoms with Crippen LogP contribution in [-0.2, 0) is 19.3 Å². The maximum atomic E-state index is 9.53. The molecule has 1 aromatic heterocycles. The zero-order valence-electron chi connectivity index (χ0n) is 15.4. The van der Waals surface area contributed by atoms with Crippen LogP contribution in [-0.4, -0.2) is 36.3 Å². The molecule has 3 rings (SSSR count). The largest absolute Gasteiger partial charge is 0.469 e. The molecule has 0 saturated heterocycles. The van der Waals surface area contributed by atoms with Gasteiger partial charge in [-0.2, -0.15) is 0 Å². The fraction of sp³-hybridized carbons (Fsp3) is 0.476. The Balaban J connectivity index is 1.62. The van der Waals surface area contributed by atoms with E-state index in [0.717, 1.165) is 43.8 Å². The molecule has 140 valence electrons. The smallest absolute Gasteiger partial charge is 0.191 e. The summed E-state index contributed by atoms with van der Waals surface area (Å²) in [6.45, 7) is 2.81. The molecule has 2 aromatic rings. The van der Waals surface area contributed by atoms with Crippen molar-refractivity contribution in [2.75, 3.05) is 13.2 Å². The normalized spacial score (nSPS) is 18.2. The molecule has 0 radical (unpaired) electrons. The summed E-state index contributed by atoms with van der Waals surface area (Å²) < 4.78 is 5.38. The Morgan fingerprint density at radius 3 is 2.85 bits per heavy atom. The average Bonchev–Trinajstić information content (AvgIpc) is 3.19. The molecule has 0 saturated carbocycles. The highest BCUT2D eigenvalue weighted by atomic mass is 16.3. The van der Waals surface area contributed by atoms with Gasteiger partial charge in [-0.25, -0.2) is 0 Å². The van der Waals surface area contributed by atoms with E-state index in [1.54, 1.807) is 6.26 Å². The summed E-state index contributed by atoms with van der Waals surface area (Å²) in [5.74, 6) is 1.72. The topological polar surface area (TPSA) is 69.8 Å². The van der Waals surface area contributed by atoms with E-state index >= 15 is 0 Å². The van der Waals surface area contributed by atoms with Gasteiger partial charge in [0.1, 0.15) is 5.76 Å². The number of hydrogen-bond acceptors (Lipinski definition) is 3. The van der Waals surface area contributed by atoms with Crippen molar-refractivity contribution in [2.45, 2.75) is 51.1 Å². The van der Waals surface area contributed by atoms with Crippen molar-refractivity contribution in [3.63, 3.8) is 0 Å². The van der Waals surface area contributed by atoms with E-state index in [1.165, 1.54) is 11.1 Å². The lowest BCUT2D eigenvalue weighted by Crippen LogP contribution is -2.50. The molecule has 5 heteroatoms. The summed E-state index contributed by atoms with van der Waals surface area (Å²) in [6, 6.07) is 12.9. The number of benzene rings is 1. The minimum absolute atomic E-state index is 0.0146. The molecule has 1 aliphatic carbocycles. The molecule has 26 heavy (non-hydrogen) atoms. The Morgan fingerprint density at radius 2 is 2.12 bits per heavy atom. The van der Waals surface area contributed by atoms with Crippen LogP contribution in [0.2, 0.25) is 0 Å². The first-order valence-corrected chi connectivity index (χ1v) is 9.56.